The molecule has 1 aliphatic rings. The minimum atomic E-state index is -1.04. The van der Waals surface area contributed by atoms with Gasteiger partial charge in [0.05, 0.1) is 40.2 Å². The predicted molar refractivity (Wildman–Crippen MR) is 162 cm³/mol. The van der Waals surface area contributed by atoms with E-state index in [0.717, 1.165) is 15.3 Å². The summed E-state index contributed by atoms with van der Waals surface area (Å²) >= 11 is 7.85. The van der Waals surface area contributed by atoms with Crippen molar-refractivity contribution in [3.05, 3.63) is 105 Å². The Bertz CT molecular complexity index is 1730. The summed E-state index contributed by atoms with van der Waals surface area (Å²) < 4.78 is 5.22. The lowest BCUT2D eigenvalue weighted by molar-refractivity contribution is -0.114. The number of carboxylic acid groups (broad SMARTS) is 1. The average molecular weight is 586 g/mol. The molecule has 10 heteroatoms. The molecular formula is C31H24ClN3O5S. The molecule has 1 aliphatic heterocycles. The Morgan fingerprint density at radius 1 is 1.07 bits per heavy atom. The first-order chi connectivity index (χ1) is 19.8. The highest BCUT2D eigenvalue weighted by Crippen LogP contribution is 2.34. The van der Waals surface area contributed by atoms with Crippen LogP contribution in [0.1, 0.15) is 38.9 Å². The molecule has 0 saturated heterocycles. The first-order valence-electron chi connectivity index (χ1n) is 12.6. The summed E-state index contributed by atoms with van der Waals surface area (Å²) in [5.41, 5.74) is 3.45. The van der Waals surface area contributed by atoms with E-state index in [1.807, 2.05) is 25.1 Å². The molecule has 0 radical (unpaired) electrons. The zero-order valence-corrected chi connectivity index (χ0v) is 23.6. The van der Waals surface area contributed by atoms with E-state index in [4.69, 9.17) is 21.4 Å². The van der Waals surface area contributed by atoms with Crippen molar-refractivity contribution in [3.8, 4) is 16.2 Å². The summed E-state index contributed by atoms with van der Waals surface area (Å²) in [5, 5.41) is 18.1. The van der Waals surface area contributed by atoms with E-state index in [0.29, 0.717) is 45.4 Å². The maximum Gasteiger partial charge on any atom is 0.335 e. The zero-order valence-electron chi connectivity index (χ0n) is 22.1. The number of hydrogen-bond acceptors (Lipinski definition) is 6. The van der Waals surface area contributed by atoms with Crippen molar-refractivity contribution in [2.45, 2.75) is 13.3 Å². The third-order valence-corrected chi connectivity index (χ3v) is 7.80. The summed E-state index contributed by atoms with van der Waals surface area (Å²) in [7, 11) is 1.56. The smallest absolute Gasteiger partial charge is 0.335 e. The Hall–Kier alpha value is -4.73. The van der Waals surface area contributed by atoms with Crippen LogP contribution in [-0.2, 0) is 4.79 Å². The van der Waals surface area contributed by atoms with Crippen LogP contribution in [-0.4, -0.2) is 35.7 Å². The van der Waals surface area contributed by atoms with Crippen molar-refractivity contribution in [2.24, 2.45) is 5.10 Å². The minimum absolute atomic E-state index is 0.130. The van der Waals surface area contributed by atoms with Gasteiger partial charge in [-0.1, -0.05) is 30.7 Å². The number of hydrogen-bond donors (Lipinski definition) is 2. The molecule has 2 N–H and O–H groups in total. The molecule has 2 heterocycles. The number of carboxylic acids is 1. The van der Waals surface area contributed by atoms with Crippen molar-refractivity contribution >= 4 is 63.9 Å². The van der Waals surface area contributed by atoms with E-state index < -0.39 is 5.97 Å². The van der Waals surface area contributed by atoms with Crippen LogP contribution in [0.2, 0.25) is 5.02 Å². The summed E-state index contributed by atoms with van der Waals surface area (Å²) in [6.07, 6.45) is 2.35. The molecule has 0 spiro atoms. The number of halogens is 1. The highest BCUT2D eigenvalue weighted by molar-refractivity contribution is 7.16. The normalized spacial score (nSPS) is 13.8. The number of anilines is 2. The zero-order chi connectivity index (χ0) is 29.1. The SMILES string of the molecule is CCC1=NN(c2ccc(C(=O)O)cc2)C(=O)/C1=C\c1ccc(-c2ccc(Cl)c(C(=O)Nc3cccc(OC)c3)c2)s1. The molecule has 0 fully saturated rings. The second-order valence-corrected chi connectivity index (χ2v) is 10.5. The third-order valence-electron chi connectivity index (χ3n) is 6.38. The average Bonchev–Trinajstić information content (AvgIpc) is 3.58. The minimum Gasteiger partial charge on any atom is -0.497 e. The molecular weight excluding hydrogens is 562 g/mol. The lowest BCUT2D eigenvalue weighted by Gasteiger charge is -2.11. The number of carbonyl (C=O) groups is 3. The highest BCUT2D eigenvalue weighted by Gasteiger charge is 2.30. The van der Waals surface area contributed by atoms with Gasteiger partial charge in [-0.25, -0.2) is 4.79 Å². The number of ether oxygens (including phenoxy) is 1. The number of nitrogens with zero attached hydrogens (tertiary/aromatic N) is 2. The Morgan fingerprint density at radius 2 is 1.85 bits per heavy atom. The van der Waals surface area contributed by atoms with Crippen LogP contribution < -0.4 is 15.1 Å². The van der Waals surface area contributed by atoms with E-state index in [1.54, 1.807) is 61.7 Å². The van der Waals surface area contributed by atoms with E-state index >= 15 is 0 Å². The van der Waals surface area contributed by atoms with Crippen LogP contribution in [0.3, 0.4) is 0 Å². The van der Waals surface area contributed by atoms with Gasteiger partial charge in [-0.3, -0.25) is 9.59 Å². The highest BCUT2D eigenvalue weighted by atomic mass is 35.5. The Morgan fingerprint density at radius 3 is 2.56 bits per heavy atom. The van der Waals surface area contributed by atoms with Crippen molar-refractivity contribution in [1.29, 1.82) is 0 Å². The lowest BCUT2D eigenvalue weighted by atomic mass is 10.1. The van der Waals surface area contributed by atoms with Crippen LogP contribution in [0, 0.1) is 0 Å². The molecule has 0 atom stereocenters. The van der Waals surface area contributed by atoms with Crippen molar-refractivity contribution < 1.29 is 24.2 Å². The summed E-state index contributed by atoms with van der Waals surface area (Å²) in [5.74, 6) is -1.05. The Labute approximate surface area is 245 Å². The van der Waals surface area contributed by atoms with E-state index in [2.05, 4.69) is 10.4 Å². The monoisotopic (exact) mass is 585 g/mol. The van der Waals surface area contributed by atoms with Gasteiger partial charge in [0.15, 0.2) is 0 Å². The standard InChI is InChI=1S/C31H24ClN3O5S/c1-3-27-25(30(37)35(34-27)21-10-7-18(8-11-21)31(38)39)17-23-12-14-28(41-23)19-9-13-26(32)24(15-19)29(36)33-20-5-4-6-22(16-20)40-2/h4-17H,3H2,1-2H3,(H,33,36)(H,38,39)/b25-17-. The fourth-order valence-corrected chi connectivity index (χ4v) is 5.41. The van der Waals surface area contributed by atoms with Gasteiger partial charge >= 0.3 is 5.97 Å². The fraction of sp³-hybridized carbons (Fsp3) is 0.0968. The van der Waals surface area contributed by atoms with Crippen molar-refractivity contribution in [3.63, 3.8) is 0 Å². The number of carbonyl (C=O) groups excluding carboxylic acids is 2. The maximum atomic E-state index is 13.3. The number of aromatic carboxylic acids is 1. The van der Waals surface area contributed by atoms with Crippen molar-refractivity contribution in [2.75, 3.05) is 17.4 Å². The van der Waals surface area contributed by atoms with Gasteiger partial charge < -0.3 is 15.2 Å². The van der Waals surface area contributed by atoms with Gasteiger partial charge in [-0.15, -0.1) is 11.3 Å². The number of benzene rings is 3. The fourth-order valence-electron chi connectivity index (χ4n) is 4.26. The summed E-state index contributed by atoms with van der Waals surface area (Å²) in [4.78, 5) is 39.2. The van der Waals surface area contributed by atoms with E-state index in [9.17, 15) is 14.4 Å². The largest absolute Gasteiger partial charge is 0.497 e. The molecule has 4 aromatic rings. The quantitative estimate of drug-likeness (QED) is 0.212. The first-order valence-corrected chi connectivity index (χ1v) is 13.8. The molecule has 41 heavy (non-hydrogen) atoms. The number of amides is 2. The summed E-state index contributed by atoms with van der Waals surface area (Å²) in [6, 6.07) is 22.2. The Kier molecular flexibility index (Phi) is 8.00. The van der Waals surface area contributed by atoms with E-state index in [-0.39, 0.29) is 17.4 Å². The van der Waals surface area contributed by atoms with Crippen LogP contribution in [0.15, 0.2) is 89.5 Å². The molecule has 2 amide bonds. The number of rotatable bonds is 8. The summed E-state index contributed by atoms with van der Waals surface area (Å²) in [6.45, 7) is 1.92. The predicted octanol–water partition coefficient (Wildman–Crippen LogP) is 7.22. The molecule has 0 aliphatic carbocycles. The topological polar surface area (TPSA) is 108 Å². The number of hydrazone groups is 1. The van der Waals surface area contributed by atoms with Crippen LogP contribution in [0.25, 0.3) is 16.5 Å². The molecule has 5 rings (SSSR count). The lowest BCUT2D eigenvalue weighted by Crippen LogP contribution is -2.21. The first kappa shape index (κ1) is 27.8. The number of methoxy groups -OCH3 is 1. The molecule has 8 nitrogen and oxygen atoms in total. The maximum absolute atomic E-state index is 13.3. The molecule has 206 valence electrons. The Balaban J connectivity index is 1.38. The van der Waals surface area contributed by atoms with Crippen LogP contribution >= 0.6 is 22.9 Å². The van der Waals surface area contributed by atoms with E-state index in [1.165, 1.54) is 28.5 Å². The molecule has 0 unspecified atom stereocenters. The molecule has 0 saturated carbocycles. The van der Waals surface area contributed by atoms with Gasteiger partial charge in [-0.05, 0) is 78.7 Å². The molecule has 3 aromatic carbocycles. The van der Waals surface area contributed by atoms with Gasteiger partial charge in [0, 0.05) is 21.5 Å². The van der Waals surface area contributed by atoms with Crippen LogP contribution in [0.4, 0.5) is 11.4 Å². The second kappa shape index (κ2) is 11.8. The second-order valence-electron chi connectivity index (χ2n) is 9.01. The van der Waals surface area contributed by atoms with Gasteiger partial charge in [0.1, 0.15) is 5.75 Å². The van der Waals surface area contributed by atoms with Gasteiger partial charge in [0.2, 0.25) is 0 Å². The van der Waals surface area contributed by atoms with Gasteiger partial charge in [0.25, 0.3) is 11.8 Å². The van der Waals surface area contributed by atoms with Crippen molar-refractivity contribution in [1.82, 2.24) is 0 Å². The van der Waals surface area contributed by atoms with Gasteiger partial charge in [-0.2, -0.15) is 10.1 Å². The molecule has 0 bridgehead atoms. The molecule has 1 aromatic heterocycles. The third kappa shape index (κ3) is 5.91. The van der Waals surface area contributed by atoms with Crippen LogP contribution in [0.5, 0.6) is 5.75 Å². The number of thiophene rings is 1. The number of nitrogens with one attached hydrogen (secondary N) is 1.